The monoisotopic (exact) mass is 392 g/mol. The molecule has 0 aromatic heterocycles. The second-order valence-electron chi connectivity index (χ2n) is 7.23. The molecule has 28 heavy (non-hydrogen) atoms. The van der Waals surface area contributed by atoms with Crippen LogP contribution in [0.4, 0.5) is 4.39 Å². The van der Waals surface area contributed by atoms with E-state index in [1.165, 1.54) is 24.5 Å². The SMILES string of the molecule is Fc1ccc(C/C=C/C(c2ccc(Cl)cc2)C2CC2)cc1Oc1ccccc1. The molecule has 1 aliphatic carbocycles. The van der Waals surface area contributed by atoms with E-state index in [0.29, 0.717) is 17.6 Å². The number of allylic oxidation sites excluding steroid dienone is 2. The maximum atomic E-state index is 14.1. The third-order valence-electron chi connectivity index (χ3n) is 5.05. The first-order valence-corrected chi connectivity index (χ1v) is 10.0. The largest absolute Gasteiger partial charge is 0.454 e. The van der Waals surface area contributed by atoms with Gasteiger partial charge in [0.15, 0.2) is 11.6 Å². The molecule has 1 unspecified atom stereocenters. The van der Waals surface area contributed by atoms with Gasteiger partial charge in [0.1, 0.15) is 5.75 Å². The lowest BCUT2D eigenvalue weighted by Crippen LogP contribution is -1.98. The number of para-hydroxylation sites is 1. The molecule has 1 atom stereocenters. The number of benzene rings is 3. The predicted octanol–water partition coefficient (Wildman–Crippen LogP) is 7.56. The van der Waals surface area contributed by atoms with E-state index in [-0.39, 0.29) is 11.6 Å². The van der Waals surface area contributed by atoms with Crippen LogP contribution in [-0.4, -0.2) is 0 Å². The number of hydrogen-bond acceptors (Lipinski definition) is 1. The Hall–Kier alpha value is -2.58. The van der Waals surface area contributed by atoms with Gasteiger partial charge in [-0.15, -0.1) is 0 Å². The molecule has 1 aliphatic rings. The molecule has 0 bridgehead atoms. The smallest absolute Gasteiger partial charge is 0.165 e. The fourth-order valence-electron chi connectivity index (χ4n) is 3.40. The van der Waals surface area contributed by atoms with Gasteiger partial charge in [-0.1, -0.05) is 60.2 Å². The minimum atomic E-state index is -0.353. The zero-order valence-electron chi connectivity index (χ0n) is 15.5. The van der Waals surface area contributed by atoms with Crippen molar-refractivity contribution < 1.29 is 9.13 Å². The highest BCUT2D eigenvalue weighted by molar-refractivity contribution is 6.30. The van der Waals surface area contributed by atoms with Crippen molar-refractivity contribution in [3.8, 4) is 11.5 Å². The van der Waals surface area contributed by atoms with Gasteiger partial charge in [-0.2, -0.15) is 0 Å². The van der Waals surface area contributed by atoms with Crippen molar-refractivity contribution in [3.63, 3.8) is 0 Å². The highest BCUT2D eigenvalue weighted by Crippen LogP contribution is 2.43. The summed E-state index contributed by atoms with van der Waals surface area (Å²) in [5.74, 6) is 1.66. The zero-order chi connectivity index (χ0) is 19.3. The van der Waals surface area contributed by atoms with E-state index in [4.69, 9.17) is 16.3 Å². The third kappa shape index (κ3) is 4.82. The van der Waals surface area contributed by atoms with Crippen molar-refractivity contribution in [3.05, 3.63) is 107 Å². The maximum Gasteiger partial charge on any atom is 0.165 e. The van der Waals surface area contributed by atoms with Gasteiger partial charge in [0.2, 0.25) is 0 Å². The summed E-state index contributed by atoms with van der Waals surface area (Å²) in [6.45, 7) is 0. The first-order chi connectivity index (χ1) is 13.7. The fourth-order valence-corrected chi connectivity index (χ4v) is 3.53. The fraction of sp³-hybridized carbons (Fsp3) is 0.200. The minimum Gasteiger partial charge on any atom is -0.454 e. The molecular formula is C25H22ClFO. The Morgan fingerprint density at radius 2 is 1.75 bits per heavy atom. The summed E-state index contributed by atoms with van der Waals surface area (Å²) in [7, 11) is 0. The van der Waals surface area contributed by atoms with E-state index in [1.807, 2.05) is 48.5 Å². The Morgan fingerprint density at radius 3 is 2.46 bits per heavy atom. The summed E-state index contributed by atoms with van der Waals surface area (Å²) in [4.78, 5) is 0. The number of ether oxygens (including phenoxy) is 1. The summed E-state index contributed by atoms with van der Waals surface area (Å²) in [5, 5.41) is 0.763. The lowest BCUT2D eigenvalue weighted by atomic mass is 9.93. The van der Waals surface area contributed by atoms with E-state index >= 15 is 0 Å². The molecule has 0 amide bonds. The van der Waals surface area contributed by atoms with Gasteiger partial charge in [0.25, 0.3) is 0 Å². The normalized spacial score (nSPS) is 14.9. The van der Waals surface area contributed by atoms with Crippen molar-refractivity contribution in [1.82, 2.24) is 0 Å². The van der Waals surface area contributed by atoms with Gasteiger partial charge in [0, 0.05) is 10.9 Å². The van der Waals surface area contributed by atoms with Crippen LogP contribution >= 0.6 is 11.6 Å². The van der Waals surface area contributed by atoms with E-state index in [2.05, 4.69) is 24.3 Å². The maximum absolute atomic E-state index is 14.1. The molecule has 3 aromatic rings. The molecule has 0 radical (unpaired) electrons. The highest BCUT2D eigenvalue weighted by Gasteiger charge is 2.30. The molecule has 4 rings (SSSR count). The highest BCUT2D eigenvalue weighted by atomic mass is 35.5. The number of rotatable bonds is 7. The van der Waals surface area contributed by atoms with Crippen molar-refractivity contribution in [2.45, 2.75) is 25.2 Å². The van der Waals surface area contributed by atoms with Crippen molar-refractivity contribution in [1.29, 1.82) is 0 Å². The number of hydrogen-bond donors (Lipinski definition) is 0. The van der Waals surface area contributed by atoms with Gasteiger partial charge in [-0.05, 0) is 72.7 Å². The van der Waals surface area contributed by atoms with E-state index in [9.17, 15) is 4.39 Å². The van der Waals surface area contributed by atoms with Crippen LogP contribution in [0.3, 0.4) is 0 Å². The van der Waals surface area contributed by atoms with Crippen LogP contribution in [0.5, 0.6) is 11.5 Å². The molecule has 1 fully saturated rings. The summed E-state index contributed by atoms with van der Waals surface area (Å²) >= 11 is 6.02. The lowest BCUT2D eigenvalue weighted by Gasteiger charge is -2.12. The van der Waals surface area contributed by atoms with E-state index in [0.717, 1.165) is 17.0 Å². The summed E-state index contributed by atoms with van der Waals surface area (Å²) in [6.07, 6.45) is 7.73. The molecular weight excluding hydrogens is 371 g/mol. The Labute approximate surface area is 170 Å². The van der Waals surface area contributed by atoms with E-state index < -0.39 is 0 Å². The summed E-state index contributed by atoms with van der Waals surface area (Å²) < 4.78 is 19.8. The Kier molecular flexibility index (Phi) is 5.78. The minimum absolute atomic E-state index is 0.258. The summed E-state index contributed by atoms with van der Waals surface area (Å²) in [5.41, 5.74) is 2.32. The van der Waals surface area contributed by atoms with Crippen LogP contribution in [-0.2, 0) is 6.42 Å². The molecule has 1 nitrogen and oxygen atoms in total. The molecule has 3 heteroatoms. The number of halogens is 2. The van der Waals surface area contributed by atoms with Gasteiger partial charge in [-0.25, -0.2) is 4.39 Å². The second-order valence-corrected chi connectivity index (χ2v) is 7.66. The average Bonchev–Trinajstić information content (AvgIpc) is 3.54. The van der Waals surface area contributed by atoms with Crippen LogP contribution in [0.15, 0.2) is 84.9 Å². The van der Waals surface area contributed by atoms with Crippen LogP contribution in [0.1, 0.15) is 29.9 Å². The van der Waals surface area contributed by atoms with Crippen LogP contribution in [0, 0.1) is 11.7 Å². The predicted molar refractivity (Wildman–Crippen MR) is 113 cm³/mol. The molecule has 0 aliphatic heterocycles. The standard InChI is InChI=1S/C25H22ClFO/c26-21-14-12-20(13-15-21)23(19-10-11-19)8-4-5-18-9-16-24(27)25(17-18)28-22-6-2-1-3-7-22/h1-4,6-9,12-17,19,23H,5,10-11H2/b8-4+. The summed E-state index contributed by atoms with van der Waals surface area (Å²) in [6, 6.07) is 22.5. The van der Waals surface area contributed by atoms with Gasteiger partial charge in [0.05, 0.1) is 0 Å². The quantitative estimate of drug-likeness (QED) is 0.377. The molecule has 142 valence electrons. The lowest BCUT2D eigenvalue weighted by molar-refractivity contribution is 0.441. The van der Waals surface area contributed by atoms with Crippen molar-refractivity contribution >= 4 is 11.6 Å². The molecule has 0 spiro atoms. The molecule has 0 heterocycles. The van der Waals surface area contributed by atoms with Gasteiger partial charge in [-0.3, -0.25) is 0 Å². The van der Waals surface area contributed by atoms with Crippen molar-refractivity contribution in [2.24, 2.45) is 5.92 Å². The topological polar surface area (TPSA) is 9.23 Å². The van der Waals surface area contributed by atoms with Crippen LogP contribution < -0.4 is 4.74 Å². The Balaban J connectivity index is 1.46. The third-order valence-corrected chi connectivity index (χ3v) is 5.30. The van der Waals surface area contributed by atoms with E-state index in [1.54, 1.807) is 6.07 Å². The second kappa shape index (κ2) is 8.62. The molecule has 0 N–H and O–H groups in total. The zero-order valence-corrected chi connectivity index (χ0v) is 16.3. The van der Waals surface area contributed by atoms with Gasteiger partial charge >= 0.3 is 0 Å². The van der Waals surface area contributed by atoms with Gasteiger partial charge < -0.3 is 4.74 Å². The van der Waals surface area contributed by atoms with Crippen LogP contribution in [0.25, 0.3) is 0 Å². The first kappa shape index (κ1) is 18.8. The Morgan fingerprint density at radius 1 is 1.00 bits per heavy atom. The average molecular weight is 393 g/mol. The van der Waals surface area contributed by atoms with Crippen molar-refractivity contribution in [2.75, 3.05) is 0 Å². The molecule has 0 saturated heterocycles. The van der Waals surface area contributed by atoms with Crippen LogP contribution in [0.2, 0.25) is 5.02 Å². The molecule has 3 aromatic carbocycles. The first-order valence-electron chi connectivity index (χ1n) is 9.62. The molecule has 1 saturated carbocycles. The Bertz CT molecular complexity index is 946.